The topological polar surface area (TPSA) is 42.2 Å². The molecule has 1 aromatic carbocycles. The number of hydrogen-bond donors (Lipinski definition) is 0. The van der Waals surface area contributed by atoms with Crippen LogP contribution in [0, 0.1) is 11.3 Å². The number of halogens is 1. The first-order valence-corrected chi connectivity index (χ1v) is 4.88. The van der Waals surface area contributed by atoms with Crippen LogP contribution in [0.4, 0.5) is 0 Å². The first kappa shape index (κ1) is 11.7. The van der Waals surface area contributed by atoms with E-state index in [1.165, 1.54) is 0 Å². The van der Waals surface area contributed by atoms with Crippen LogP contribution in [0.1, 0.15) is 12.0 Å². The molecular formula is C11H12ClNO2. The lowest BCUT2D eigenvalue weighted by molar-refractivity contribution is 0.394. The van der Waals surface area contributed by atoms with Gasteiger partial charge in [0.25, 0.3) is 0 Å². The van der Waals surface area contributed by atoms with E-state index in [0.29, 0.717) is 29.4 Å². The van der Waals surface area contributed by atoms with Crippen molar-refractivity contribution in [2.75, 3.05) is 14.2 Å². The Morgan fingerprint density at radius 2 is 1.80 bits per heavy atom. The van der Waals surface area contributed by atoms with Gasteiger partial charge in [0.1, 0.15) is 16.5 Å². The summed E-state index contributed by atoms with van der Waals surface area (Å²) in [7, 11) is 3.10. The van der Waals surface area contributed by atoms with E-state index in [4.69, 9.17) is 26.3 Å². The number of nitrogens with zero attached hydrogens (tertiary/aromatic N) is 1. The van der Waals surface area contributed by atoms with Gasteiger partial charge in [0.05, 0.1) is 20.3 Å². The van der Waals surface area contributed by atoms with Crippen molar-refractivity contribution in [2.45, 2.75) is 12.8 Å². The molecule has 0 N–H and O–H groups in total. The molecule has 0 unspecified atom stereocenters. The van der Waals surface area contributed by atoms with Crippen molar-refractivity contribution in [3.05, 3.63) is 22.7 Å². The van der Waals surface area contributed by atoms with Crippen molar-refractivity contribution in [3.63, 3.8) is 0 Å². The van der Waals surface area contributed by atoms with Crippen molar-refractivity contribution in [1.82, 2.24) is 0 Å². The Morgan fingerprint density at radius 3 is 2.20 bits per heavy atom. The Bertz CT molecular complexity index is 360. The third kappa shape index (κ3) is 2.77. The van der Waals surface area contributed by atoms with Crippen LogP contribution in [0.25, 0.3) is 0 Å². The molecule has 0 aliphatic heterocycles. The molecule has 0 spiro atoms. The summed E-state index contributed by atoms with van der Waals surface area (Å²) in [5.74, 6) is 1.15. The minimum absolute atomic E-state index is 0.459. The molecule has 0 radical (unpaired) electrons. The standard InChI is InChI=1S/C11H12ClNO2/c1-14-9-6-8(4-3-5-13)7-10(15-2)11(9)12/h6-7H,3-4H2,1-2H3. The molecule has 80 valence electrons. The molecular weight excluding hydrogens is 214 g/mol. The summed E-state index contributed by atoms with van der Waals surface area (Å²) in [6, 6.07) is 5.73. The van der Waals surface area contributed by atoms with Crippen LogP contribution in [0.3, 0.4) is 0 Å². The fraction of sp³-hybridized carbons (Fsp3) is 0.364. The second-order valence-electron chi connectivity index (χ2n) is 2.97. The first-order chi connectivity index (χ1) is 7.22. The summed E-state index contributed by atoms with van der Waals surface area (Å²) in [6.07, 6.45) is 1.13. The average molecular weight is 226 g/mol. The summed E-state index contributed by atoms with van der Waals surface area (Å²) in [5, 5.41) is 8.96. The minimum atomic E-state index is 0.459. The molecule has 3 nitrogen and oxygen atoms in total. The number of aryl methyl sites for hydroxylation is 1. The van der Waals surface area contributed by atoms with Gasteiger partial charge in [-0.15, -0.1) is 0 Å². The van der Waals surface area contributed by atoms with Gasteiger partial charge in [-0.25, -0.2) is 0 Å². The number of ether oxygens (including phenoxy) is 2. The number of hydrogen-bond acceptors (Lipinski definition) is 3. The normalized spacial score (nSPS) is 9.47. The minimum Gasteiger partial charge on any atom is -0.495 e. The lowest BCUT2D eigenvalue weighted by Gasteiger charge is -2.10. The van der Waals surface area contributed by atoms with Gasteiger partial charge < -0.3 is 9.47 Å². The van der Waals surface area contributed by atoms with Crippen molar-refractivity contribution in [3.8, 4) is 17.6 Å². The van der Waals surface area contributed by atoms with E-state index in [2.05, 4.69) is 6.07 Å². The molecule has 0 saturated carbocycles. The second kappa shape index (κ2) is 5.47. The van der Waals surface area contributed by atoms with Gasteiger partial charge in [-0.3, -0.25) is 0 Å². The molecule has 0 aliphatic rings. The van der Waals surface area contributed by atoms with Crippen LogP contribution in [0.15, 0.2) is 12.1 Å². The van der Waals surface area contributed by atoms with Crippen LogP contribution in [-0.4, -0.2) is 14.2 Å². The van der Waals surface area contributed by atoms with Gasteiger partial charge in [0, 0.05) is 6.42 Å². The molecule has 0 fully saturated rings. The largest absolute Gasteiger partial charge is 0.495 e. The maximum atomic E-state index is 8.50. The van der Waals surface area contributed by atoms with E-state index in [9.17, 15) is 0 Å². The van der Waals surface area contributed by atoms with E-state index in [0.717, 1.165) is 5.56 Å². The van der Waals surface area contributed by atoms with Crippen LogP contribution in [0.5, 0.6) is 11.5 Å². The van der Waals surface area contributed by atoms with Crippen molar-refractivity contribution >= 4 is 11.6 Å². The number of rotatable bonds is 4. The lowest BCUT2D eigenvalue weighted by Crippen LogP contribution is -1.93. The Balaban J connectivity index is 3.04. The average Bonchev–Trinajstić information content (AvgIpc) is 2.27. The summed E-state index contributed by atoms with van der Waals surface area (Å²) < 4.78 is 10.2. The zero-order valence-corrected chi connectivity index (χ0v) is 9.47. The lowest BCUT2D eigenvalue weighted by atomic mass is 10.1. The van der Waals surface area contributed by atoms with Crippen molar-refractivity contribution in [2.24, 2.45) is 0 Å². The van der Waals surface area contributed by atoms with Crippen LogP contribution >= 0.6 is 11.6 Å². The number of methoxy groups -OCH3 is 2. The van der Waals surface area contributed by atoms with Crippen LogP contribution in [-0.2, 0) is 6.42 Å². The molecule has 0 heterocycles. The van der Waals surface area contributed by atoms with E-state index >= 15 is 0 Å². The Labute approximate surface area is 94.2 Å². The highest BCUT2D eigenvalue weighted by Gasteiger charge is 2.09. The fourth-order valence-corrected chi connectivity index (χ4v) is 1.53. The molecule has 0 bridgehead atoms. The molecule has 0 atom stereocenters. The molecule has 1 aromatic rings. The van der Waals surface area contributed by atoms with Gasteiger partial charge in [0.2, 0.25) is 0 Å². The fourth-order valence-electron chi connectivity index (χ4n) is 1.27. The number of nitriles is 1. The molecule has 1 rings (SSSR count). The Hall–Kier alpha value is -1.40. The zero-order chi connectivity index (χ0) is 11.3. The molecule has 4 heteroatoms. The van der Waals surface area contributed by atoms with Gasteiger partial charge >= 0.3 is 0 Å². The van der Waals surface area contributed by atoms with Crippen molar-refractivity contribution in [1.29, 1.82) is 5.26 Å². The summed E-state index contributed by atoms with van der Waals surface area (Å²) in [4.78, 5) is 0. The summed E-state index contributed by atoms with van der Waals surface area (Å²) in [6.45, 7) is 0. The highest BCUT2D eigenvalue weighted by Crippen LogP contribution is 2.35. The predicted octanol–water partition coefficient (Wildman–Crippen LogP) is 2.81. The quantitative estimate of drug-likeness (QED) is 0.791. The van der Waals surface area contributed by atoms with E-state index in [1.807, 2.05) is 12.1 Å². The molecule has 0 saturated heterocycles. The van der Waals surface area contributed by atoms with E-state index in [-0.39, 0.29) is 0 Å². The van der Waals surface area contributed by atoms with Gasteiger partial charge in [-0.2, -0.15) is 5.26 Å². The molecule has 0 amide bonds. The first-order valence-electron chi connectivity index (χ1n) is 4.50. The molecule has 0 aliphatic carbocycles. The highest BCUT2D eigenvalue weighted by molar-refractivity contribution is 6.33. The maximum Gasteiger partial charge on any atom is 0.141 e. The third-order valence-corrected chi connectivity index (χ3v) is 2.40. The smallest absolute Gasteiger partial charge is 0.141 e. The van der Waals surface area contributed by atoms with Gasteiger partial charge in [-0.1, -0.05) is 11.6 Å². The predicted molar refractivity (Wildman–Crippen MR) is 58.5 cm³/mol. The van der Waals surface area contributed by atoms with E-state index < -0.39 is 0 Å². The third-order valence-electron chi connectivity index (χ3n) is 2.03. The molecule has 0 aromatic heterocycles. The van der Waals surface area contributed by atoms with Crippen molar-refractivity contribution < 1.29 is 9.47 Å². The second-order valence-corrected chi connectivity index (χ2v) is 3.35. The Morgan fingerprint density at radius 1 is 1.27 bits per heavy atom. The van der Waals surface area contributed by atoms with Gasteiger partial charge in [0.15, 0.2) is 0 Å². The van der Waals surface area contributed by atoms with Crippen LogP contribution in [0.2, 0.25) is 5.02 Å². The van der Waals surface area contributed by atoms with Crippen LogP contribution < -0.4 is 9.47 Å². The maximum absolute atomic E-state index is 8.50. The molecule has 15 heavy (non-hydrogen) atoms. The van der Waals surface area contributed by atoms with Gasteiger partial charge in [-0.05, 0) is 24.1 Å². The summed E-state index contributed by atoms with van der Waals surface area (Å²) >= 11 is 6.00. The summed E-state index contributed by atoms with van der Waals surface area (Å²) in [5.41, 5.74) is 0.981. The van der Waals surface area contributed by atoms with E-state index in [1.54, 1.807) is 14.2 Å². The zero-order valence-electron chi connectivity index (χ0n) is 8.71. The SMILES string of the molecule is COc1cc(CCC#N)cc(OC)c1Cl. The Kier molecular flexibility index (Phi) is 4.26. The number of benzene rings is 1. The monoisotopic (exact) mass is 225 g/mol. The highest BCUT2D eigenvalue weighted by atomic mass is 35.5.